The monoisotopic (exact) mass is 269 g/mol. The van der Waals surface area contributed by atoms with Crippen LogP contribution in [0.3, 0.4) is 0 Å². The van der Waals surface area contributed by atoms with Crippen LogP contribution >= 0.6 is 0 Å². The van der Waals surface area contributed by atoms with Crippen molar-refractivity contribution in [2.75, 3.05) is 0 Å². The van der Waals surface area contributed by atoms with Gasteiger partial charge < -0.3 is 10.5 Å². The highest BCUT2D eigenvalue weighted by atomic mass is 16.5. The minimum absolute atomic E-state index is 0.0792. The van der Waals surface area contributed by atoms with Crippen LogP contribution in [0.15, 0.2) is 12.2 Å². The molecule has 3 heteroatoms. The van der Waals surface area contributed by atoms with Crippen LogP contribution in [0.25, 0.3) is 0 Å². The van der Waals surface area contributed by atoms with Gasteiger partial charge in [0.25, 0.3) is 0 Å². The molecule has 0 fully saturated rings. The summed E-state index contributed by atoms with van der Waals surface area (Å²) in [5.41, 5.74) is 6.63. The fourth-order valence-electron chi connectivity index (χ4n) is 1.81. The van der Waals surface area contributed by atoms with Crippen LogP contribution in [0.2, 0.25) is 0 Å². The molecule has 2 N–H and O–H groups in total. The molecule has 0 bridgehead atoms. The zero-order chi connectivity index (χ0) is 15.0. The standard InChI is InChI=1S/C16H31NO2/c1-11(2)7-9-14(17)15(10-8-12(3)4)19-16(18)13(5)6/h11-12,14-15H,5,7-10,17H2,1-4,6H3. The molecule has 0 saturated carbocycles. The molecule has 0 aromatic heterocycles. The number of esters is 1. The summed E-state index contributed by atoms with van der Waals surface area (Å²) < 4.78 is 5.49. The van der Waals surface area contributed by atoms with Gasteiger partial charge in [-0.1, -0.05) is 34.3 Å². The second kappa shape index (κ2) is 9.13. The summed E-state index contributed by atoms with van der Waals surface area (Å²) in [6.07, 6.45) is 3.61. The van der Waals surface area contributed by atoms with Crippen molar-refractivity contribution in [1.82, 2.24) is 0 Å². The van der Waals surface area contributed by atoms with Crippen LogP contribution < -0.4 is 5.73 Å². The summed E-state index contributed by atoms with van der Waals surface area (Å²) in [6, 6.07) is -0.0792. The molecule has 2 unspecified atom stereocenters. The number of carbonyl (C=O) groups is 1. The third kappa shape index (κ3) is 8.82. The molecule has 0 radical (unpaired) electrons. The molecule has 0 rings (SSSR count). The van der Waals surface area contributed by atoms with Gasteiger partial charge in [-0.2, -0.15) is 0 Å². The van der Waals surface area contributed by atoms with Crippen LogP contribution in [-0.2, 0) is 9.53 Å². The van der Waals surface area contributed by atoms with Crippen molar-refractivity contribution in [1.29, 1.82) is 0 Å². The minimum atomic E-state index is -0.325. The van der Waals surface area contributed by atoms with Gasteiger partial charge in [-0.15, -0.1) is 0 Å². The fourth-order valence-corrected chi connectivity index (χ4v) is 1.81. The van der Waals surface area contributed by atoms with Gasteiger partial charge in [0.05, 0.1) is 0 Å². The quantitative estimate of drug-likeness (QED) is 0.513. The first-order valence-corrected chi connectivity index (χ1v) is 7.36. The maximum atomic E-state index is 11.7. The molecule has 0 aliphatic carbocycles. The average molecular weight is 269 g/mol. The van der Waals surface area contributed by atoms with E-state index in [1.807, 2.05) is 0 Å². The molecule has 0 heterocycles. The molecular formula is C16H31NO2. The van der Waals surface area contributed by atoms with E-state index in [0.717, 1.165) is 25.7 Å². The van der Waals surface area contributed by atoms with Gasteiger partial charge in [0.1, 0.15) is 6.10 Å². The Bertz CT molecular complexity index is 284. The number of carbonyl (C=O) groups excluding carboxylic acids is 1. The lowest BCUT2D eigenvalue weighted by Crippen LogP contribution is -2.38. The van der Waals surface area contributed by atoms with Gasteiger partial charge in [0.15, 0.2) is 0 Å². The molecule has 0 amide bonds. The zero-order valence-electron chi connectivity index (χ0n) is 13.2. The number of hydrogen-bond donors (Lipinski definition) is 1. The largest absolute Gasteiger partial charge is 0.457 e. The third-order valence-corrected chi connectivity index (χ3v) is 3.19. The zero-order valence-corrected chi connectivity index (χ0v) is 13.2. The van der Waals surface area contributed by atoms with E-state index in [2.05, 4.69) is 34.3 Å². The van der Waals surface area contributed by atoms with Crippen LogP contribution in [0.4, 0.5) is 0 Å². The number of ether oxygens (including phenoxy) is 1. The Balaban J connectivity index is 4.46. The summed E-state index contributed by atoms with van der Waals surface area (Å²) in [7, 11) is 0. The molecule has 0 aromatic carbocycles. The van der Waals surface area contributed by atoms with E-state index >= 15 is 0 Å². The molecule has 0 aromatic rings. The lowest BCUT2D eigenvalue weighted by molar-refractivity contribution is -0.145. The highest BCUT2D eigenvalue weighted by molar-refractivity contribution is 5.87. The lowest BCUT2D eigenvalue weighted by atomic mass is 9.95. The predicted molar refractivity (Wildman–Crippen MR) is 80.8 cm³/mol. The van der Waals surface area contributed by atoms with Gasteiger partial charge in [-0.25, -0.2) is 4.79 Å². The normalized spacial score (nSPS) is 14.5. The third-order valence-electron chi connectivity index (χ3n) is 3.19. The maximum Gasteiger partial charge on any atom is 0.333 e. The van der Waals surface area contributed by atoms with Crippen molar-refractivity contribution in [3.05, 3.63) is 12.2 Å². The van der Waals surface area contributed by atoms with Crippen molar-refractivity contribution in [3.8, 4) is 0 Å². The minimum Gasteiger partial charge on any atom is -0.457 e. The van der Waals surface area contributed by atoms with Crippen molar-refractivity contribution in [3.63, 3.8) is 0 Å². The molecule has 0 saturated heterocycles. The number of hydrogen-bond acceptors (Lipinski definition) is 3. The first-order chi connectivity index (χ1) is 8.73. The van der Waals surface area contributed by atoms with Crippen LogP contribution in [-0.4, -0.2) is 18.1 Å². The SMILES string of the molecule is C=C(C)C(=O)OC(CCC(C)C)C(N)CCC(C)C. The molecule has 2 atom stereocenters. The Hall–Kier alpha value is -0.830. The Morgan fingerprint density at radius 1 is 1.05 bits per heavy atom. The summed E-state index contributed by atoms with van der Waals surface area (Å²) in [5.74, 6) is 0.880. The van der Waals surface area contributed by atoms with E-state index in [9.17, 15) is 4.79 Å². The Labute approximate surface area is 118 Å². The predicted octanol–water partition coefficient (Wildman–Crippen LogP) is 3.67. The van der Waals surface area contributed by atoms with Gasteiger partial charge in [0.2, 0.25) is 0 Å². The van der Waals surface area contributed by atoms with E-state index in [1.165, 1.54) is 0 Å². The van der Waals surface area contributed by atoms with Crippen molar-refractivity contribution < 1.29 is 9.53 Å². The summed E-state index contributed by atoms with van der Waals surface area (Å²) in [5, 5.41) is 0. The molecule has 0 spiro atoms. The fraction of sp³-hybridized carbons (Fsp3) is 0.812. The van der Waals surface area contributed by atoms with E-state index in [1.54, 1.807) is 6.92 Å². The number of rotatable bonds is 9. The van der Waals surface area contributed by atoms with Gasteiger partial charge >= 0.3 is 5.97 Å². The van der Waals surface area contributed by atoms with Crippen LogP contribution in [0, 0.1) is 11.8 Å². The molecular weight excluding hydrogens is 238 g/mol. The average Bonchev–Trinajstić information content (AvgIpc) is 2.30. The maximum absolute atomic E-state index is 11.7. The smallest absolute Gasteiger partial charge is 0.333 e. The summed E-state index contributed by atoms with van der Waals surface area (Å²) in [6.45, 7) is 14.0. The Morgan fingerprint density at radius 2 is 1.53 bits per heavy atom. The molecule has 3 nitrogen and oxygen atoms in total. The lowest BCUT2D eigenvalue weighted by Gasteiger charge is -2.25. The molecule has 0 aliphatic rings. The van der Waals surface area contributed by atoms with E-state index in [0.29, 0.717) is 17.4 Å². The molecule has 19 heavy (non-hydrogen) atoms. The highest BCUT2D eigenvalue weighted by Crippen LogP contribution is 2.17. The summed E-state index contributed by atoms with van der Waals surface area (Å²) >= 11 is 0. The topological polar surface area (TPSA) is 52.3 Å². The van der Waals surface area contributed by atoms with Gasteiger partial charge in [0, 0.05) is 11.6 Å². The van der Waals surface area contributed by atoms with Crippen molar-refractivity contribution in [2.45, 2.75) is 72.4 Å². The van der Waals surface area contributed by atoms with Crippen LogP contribution in [0.1, 0.15) is 60.3 Å². The summed E-state index contributed by atoms with van der Waals surface area (Å²) in [4.78, 5) is 11.7. The Morgan fingerprint density at radius 3 is 1.95 bits per heavy atom. The highest BCUT2D eigenvalue weighted by Gasteiger charge is 2.22. The van der Waals surface area contributed by atoms with Crippen molar-refractivity contribution >= 4 is 5.97 Å². The Kier molecular flexibility index (Phi) is 8.73. The second-order valence-corrected chi connectivity index (χ2v) is 6.33. The molecule has 112 valence electrons. The van der Waals surface area contributed by atoms with Gasteiger partial charge in [-0.05, 0) is 44.4 Å². The second-order valence-electron chi connectivity index (χ2n) is 6.33. The first-order valence-electron chi connectivity index (χ1n) is 7.36. The first kappa shape index (κ1) is 18.2. The van der Waals surface area contributed by atoms with E-state index in [4.69, 9.17) is 10.5 Å². The van der Waals surface area contributed by atoms with Gasteiger partial charge in [-0.3, -0.25) is 0 Å². The van der Waals surface area contributed by atoms with E-state index < -0.39 is 0 Å². The van der Waals surface area contributed by atoms with E-state index in [-0.39, 0.29) is 18.1 Å². The molecule has 0 aliphatic heterocycles. The van der Waals surface area contributed by atoms with Crippen molar-refractivity contribution in [2.24, 2.45) is 17.6 Å². The number of nitrogens with two attached hydrogens (primary N) is 1. The van der Waals surface area contributed by atoms with Crippen LogP contribution in [0.5, 0.6) is 0 Å².